The monoisotopic (exact) mass is 272 g/mol. The number of ether oxygens (including phenoxy) is 1. The van der Waals surface area contributed by atoms with Gasteiger partial charge in [-0.1, -0.05) is 23.2 Å². The minimum atomic E-state index is -0.562. The van der Waals surface area contributed by atoms with Gasteiger partial charge in [-0.2, -0.15) is 0 Å². The van der Waals surface area contributed by atoms with Gasteiger partial charge in [0.1, 0.15) is 16.6 Å². The van der Waals surface area contributed by atoms with Crippen LogP contribution in [0.1, 0.15) is 0 Å². The van der Waals surface area contributed by atoms with Crippen LogP contribution in [0.4, 0.5) is 10.1 Å². The van der Waals surface area contributed by atoms with Gasteiger partial charge in [0.05, 0.1) is 10.7 Å². The van der Waals surface area contributed by atoms with Crippen molar-refractivity contribution in [2.45, 2.75) is 0 Å². The number of benzene rings is 1. The fourth-order valence-electron chi connectivity index (χ4n) is 1.16. The Morgan fingerprint density at radius 1 is 1.24 bits per heavy atom. The molecule has 0 aliphatic carbocycles. The zero-order valence-electron chi connectivity index (χ0n) is 8.45. The van der Waals surface area contributed by atoms with E-state index in [-0.39, 0.29) is 22.3 Å². The van der Waals surface area contributed by atoms with Crippen molar-refractivity contribution >= 4 is 28.9 Å². The molecule has 17 heavy (non-hydrogen) atoms. The van der Waals surface area contributed by atoms with Crippen molar-refractivity contribution in [2.24, 2.45) is 0 Å². The summed E-state index contributed by atoms with van der Waals surface area (Å²) in [5.74, 6) is -0.152. The molecule has 0 spiro atoms. The molecule has 0 amide bonds. The summed E-state index contributed by atoms with van der Waals surface area (Å²) < 4.78 is 18.5. The average Bonchev–Trinajstić information content (AvgIpc) is 2.27. The Morgan fingerprint density at radius 2 is 2.00 bits per heavy atom. The molecule has 1 heterocycles. The maximum atomic E-state index is 13.2. The number of anilines is 1. The normalized spacial score (nSPS) is 10.3. The molecule has 0 aliphatic rings. The standard InChI is InChI=1S/C11H7Cl2FN2O/c12-6-3-8(13)11(16-5-6)17-7-1-2-10(15)9(14)4-7/h1-5H,15H2. The van der Waals surface area contributed by atoms with Crippen LogP contribution in [0.15, 0.2) is 30.5 Å². The smallest absolute Gasteiger partial charge is 0.238 e. The molecular weight excluding hydrogens is 266 g/mol. The summed E-state index contributed by atoms with van der Waals surface area (Å²) >= 11 is 11.5. The molecule has 2 N–H and O–H groups in total. The van der Waals surface area contributed by atoms with Crippen LogP contribution >= 0.6 is 23.2 Å². The van der Waals surface area contributed by atoms with Gasteiger partial charge in [-0.05, 0) is 18.2 Å². The molecule has 0 unspecified atom stereocenters. The highest BCUT2D eigenvalue weighted by Gasteiger charge is 2.07. The molecule has 0 aliphatic heterocycles. The van der Waals surface area contributed by atoms with E-state index in [0.717, 1.165) is 6.07 Å². The highest BCUT2D eigenvalue weighted by molar-refractivity contribution is 6.35. The summed E-state index contributed by atoms with van der Waals surface area (Å²) in [7, 11) is 0. The van der Waals surface area contributed by atoms with E-state index in [9.17, 15) is 4.39 Å². The van der Waals surface area contributed by atoms with E-state index in [4.69, 9.17) is 33.7 Å². The Bertz CT molecular complexity index is 563. The molecule has 0 bridgehead atoms. The number of halogens is 3. The number of hydrogen-bond acceptors (Lipinski definition) is 3. The number of hydrogen-bond donors (Lipinski definition) is 1. The molecule has 6 heteroatoms. The highest BCUT2D eigenvalue weighted by atomic mass is 35.5. The number of rotatable bonds is 2. The van der Waals surface area contributed by atoms with Gasteiger partial charge in [-0.25, -0.2) is 9.37 Å². The number of pyridine rings is 1. The molecule has 0 fully saturated rings. The van der Waals surface area contributed by atoms with E-state index in [0.29, 0.717) is 5.02 Å². The van der Waals surface area contributed by atoms with Crippen molar-refractivity contribution in [3.63, 3.8) is 0 Å². The van der Waals surface area contributed by atoms with Crippen LogP contribution in [0.5, 0.6) is 11.6 Å². The first-order valence-corrected chi connectivity index (χ1v) is 5.36. The number of nitrogens with two attached hydrogens (primary N) is 1. The van der Waals surface area contributed by atoms with Crippen LogP contribution in [0, 0.1) is 5.82 Å². The van der Waals surface area contributed by atoms with Crippen LogP contribution in [-0.4, -0.2) is 4.98 Å². The number of nitrogen functional groups attached to an aromatic ring is 1. The Labute approximate surface area is 107 Å². The van der Waals surface area contributed by atoms with Crippen molar-refractivity contribution < 1.29 is 9.13 Å². The Kier molecular flexibility index (Phi) is 3.36. The second kappa shape index (κ2) is 4.77. The molecule has 1 aromatic heterocycles. The summed E-state index contributed by atoms with van der Waals surface area (Å²) in [6, 6.07) is 5.56. The predicted molar refractivity (Wildman–Crippen MR) is 65.1 cm³/mol. The van der Waals surface area contributed by atoms with E-state index >= 15 is 0 Å². The lowest BCUT2D eigenvalue weighted by atomic mass is 10.3. The SMILES string of the molecule is Nc1ccc(Oc2ncc(Cl)cc2Cl)cc1F. The van der Waals surface area contributed by atoms with Crippen molar-refractivity contribution in [3.8, 4) is 11.6 Å². The van der Waals surface area contributed by atoms with Gasteiger partial charge in [0, 0.05) is 12.3 Å². The zero-order valence-corrected chi connectivity index (χ0v) is 9.97. The van der Waals surface area contributed by atoms with Gasteiger partial charge in [-0.15, -0.1) is 0 Å². The maximum absolute atomic E-state index is 13.2. The summed E-state index contributed by atoms with van der Waals surface area (Å²) in [6.45, 7) is 0. The Balaban J connectivity index is 2.28. The van der Waals surface area contributed by atoms with Crippen molar-refractivity contribution in [3.05, 3.63) is 46.3 Å². The van der Waals surface area contributed by atoms with Crippen LogP contribution in [-0.2, 0) is 0 Å². The van der Waals surface area contributed by atoms with Crippen molar-refractivity contribution in [1.82, 2.24) is 4.98 Å². The zero-order chi connectivity index (χ0) is 12.4. The fourth-order valence-corrected chi connectivity index (χ4v) is 1.58. The van der Waals surface area contributed by atoms with E-state index in [1.54, 1.807) is 0 Å². The fraction of sp³-hybridized carbons (Fsp3) is 0. The van der Waals surface area contributed by atoms with Gasteiger partial charge in [0.2, 0.25) is 5.88 Å². The third-order valence-electron chi connectivity index (χ3n) is 1.96. The quantitative estimate of drug-likeness (QED) is 0.844. The van der Waals surface area contributed by atoms with Gasteiger partial charge in [0.15, 0.2) is 0 Å². The van der Waals surface area contributed by atoms with Crippen LogP contribution in [0.2, 0.25) is 10.0 Å². The van der Waals surface area contributed by atoms with E-state index < -0.39 is 5.82 Å². The number of aromatic nitrogens is 1. The van der Waals surface area contributed by atoms with Gasteiger partial charge < -0.3 is 10.5 Å². The summed E-state index contributed by atoms with van der Waals surface area (Å²) in [5.41, 5.74) is 5.39. The summed E-state index contributed by atoms with van der Waals surface area (Å²) in [6.07, 6.45) is 1.39. The lowest BCUT2D eigenvalue weighted by Gasteiger charge is -2.07. The van der Waals surface area contributed by atoms with Crippen LogP contribution < -0.4 is 10.5 Å². The summed E-state index contributed by atoms with van der Waals surface area (Å²) in [4.78, 5) is 3.89. The van der Waals surface area contributed by atoms with Gasteiger partial charge in [-0.3, -0.25) is 0 Å². The third kappa shape index (κ3) is 2.78. The Hall–Kier alpha value is -1.52. The summed E-state index contributed by atoms with van der Waals surface area (Å²) in [5, 5.41) is 0.639. The molecular formula is C11H7Cl2FN2O. The molecule has 88 valence electrons. The Morgan fingerprint density at radius 3 is 2.65 bits per heavy atom. The van der Waals surface area contributed by atoms with Crippen molar-refractivity contribution in [2.75, 3.05) is 5.73 Å². The molecule has 2 aromatic rings. The highest BCUT2D eigenvalue weighted by Crippen LogP contribution is 2.29. The molecule has 3 nitrogen and oxygen atoms in total. The lowest BCUT2D eigenvalue weighted by Crippen LogP contribution is -1.93. The van der Waals surface area contributed by atoms with E-state index in [1.807, 2.05) is 0 Å². The van der Waals surface area contributed by atoms with Gasteiger partial charge >= 0.3 is 0 Å². The lowest BCUT2D eigenvalue weighted by molar-refractivity contribution is 0.459. The topological polar surface area (TPSA) is 48.1 Å². The number of nitrogens with zero attached hydrogens (tertiary/aromatic N) is 1. The van der Waals surface area contributed by atoms with E-state index in [2.05, 4.69) is 4.98 Å². The van der Waals surface area contributed by atoms with E-state index in [1.165, 1.54) is 24.4 Å². The molecule has 0 atom stereocenters. The third-order valence-corrected chi connectivity index (χ3v) is 2.44. The molecule has 0 radical (unpaired) electrons. The first-order valence-electron chi connectivity index (χ1n) is 4.60. The second-order valence-corrected chi connectivity index (χ2v) is 4.07. The minimum Gasteiger partial charge on any atom is -0.437 e. The molecule has 0 saturated carbocycles. The largest absolute Gasteiger partial charge is 0.437 e. The minimum absolute atomic E-state index is 0.0486. The second-order valence-electron chi connectivity index (χ2n) is 3.23. The first-order chi connectivity index (χ1) is 8.06. The molecule has 1 aromatic carbocycles. The maximum Gasteiger partial charge on any atom is 0.238 e. The average molecular weight is 273 g/mol. The molecule has 0 saturated heterocycles. The first kappa shape index (κ1) is 12.0. The predicted octanol–water partition coefficient (Wildman–Crippen LogP) is 3.90. The van der Waals surface area contributed by atoms with Crippen LogP contribution in [0.25, 0.3) is 0 Å². The van der Waals surface area contributed by atoms with Gasteiger partial charge in [0.25, 0.3) is 0 Å². The van der Waals surface area contributed by atoms with Crippen LogP contribution in [0.3, 0.4) is 0 Å². The van der Waals surface area contributed by atoms with Crippen molar-refractivity contribution in [1.29, 1.82) is 0 Å². The molecule has 2 rings (SSSR count).